The van der Waals surface area contributed by atoms with Gasteiger partial charge in [0.15, 0.2) is 28.8 Å². The van der Waals surface area contributed by atoms with Gasteiger partial charge in [0.05, 0.1) is 20.1 Å². The molecule has 5 rings (SSSR count). The summed E-state index contributed by atoms with van der Waals surface area (Å²) in [5.41, 5.74) is 2.79. The lowest BCUT2D eigenvalue weighted by molar-refractivity contribution is -0.121. The van der Waals surface area contributed by atoms with Gasteiger partial charge in [0.25, 0.3) is 0 Å². The second kappa shape index (κ2) is 11.0. The molecule has 2 aliphatic rings. The van der Waals surface area contributed by atoms with Crippen LogP contribution in [0.4, 0.5) is 0 Å². The molecule has 1 amide bonds. The van der Waals surface area contributed by atoms with Crippen LogP contribution in [0, 0.1) is 6.92 Å². The molecule has 2 aliphatic heterocycles. The summed E-state index contributed by atoms with van der Waals surface area (Å²) in [7, 11) is 5.04. The van der Waals surface area contributed by atoms with Crippen molar-refractivity contribution in [3.63, 3.8) is 0 Å². The number of phenols is 1. The van der Waals surface area contributed by atoms with Gasteiger partial charge in [-0.05, 0) is 43.7 Å². The van der Waals surface area contributed by atoms with Gasteiger partial charge in [0.2, 0.25) is 29.6 Å². The molecule has 0 aliphatic carbocycles. The summed E-state index contributed by atoms with van der Waals surface area (Å²) in [6.45, 7) is 3.34. The number of methoxy groups -OCH3 is 2. The number of hydrogen-bond acceptors (Lipinski definition) is 10. The first kappa shape index (κ1) is 27.2. The quantitative estimate of drug-likeness (QED) is 0.382. The zero-order valence-electron chi connectivity index (χ0n) is 22.8. The van der Waals surface area contributed by atoms with E-state index in [0.29, 0.717) is 29.4 Å². The van der Waals surface area contributed by atoms with Crippen LogP contribution in [-0.2, 0) is 24.3 Å². The van der Waals surface area contributed by atoms with Crippen LogP contribution < -0.4 is 29.7 Å². The fraction of sp³-hybridized carbons (Fsp3) is 0.379. The van der Waals surface area contributed by atoms with E-state index in [1.54, 1.807) is 26.2 Å². The Morgan fingerprint density at radius 2 is 1.90 bits per heavy atom. The number of hydrogen-bond donors (Lipinski definition) is 3. The van der Waals surface area contributed by atoms with Crippen LogP contribution in [0.2, 0.25) is 0 Å². The van der Waals surface area contributed by atoms with Crippen molar-refractivity contribution in [2.45, 2.75) is 38.8 Å². The molecule has 11 heteroatoms. The lowest BCUT2D eigenvalue weighted by Crippen LogP contribution is -2.30. The highest BCUT2D eigenvalue weighted by molar-refractivity contribution is 5.78. The molecule has 0 saturated heterocycles. The van der Waals surface area contributed by atoms with Gasteiger partial charge in [-0.3, -0.25) is 9.59 Å². The minimum atomic E-state index is -0.842. The summed E-state index contributed by atoms with van der Waals surface area (Å²) >= 11 is 0. The molecule has 0 saturated carbocycles. The fourth-order valence-corrected chi connectivity index (χ4v) is 5.37. The number of carbonyl (C=O) groups excluding carboxylic acids is 1. The third-order valence-corrected chi connectivity index (χ3v) is 7.32. The maximum absolute atomic E-state index is 13.4. The molecular weight excluding hydrogens is 520 g/mol. The van der Waals surface area contributed by atoms with Crippen LogP contribution in [-0.4, -0.2) is 55.6 Å². The number of fused-ring (bicyclic) bond motifs is 2. The highest BCUT2D eigenvalue weighted by atomic mass is 16.7. The summed E-state index contributed by atoms with van der Waals surface area (Å²) in [5, 5.41) is 23.7. The Hall–Kier alpha value is -4.38. The van der Waals surface area contributed by atoms with Crippen LogP contribution >= 0.6 is 0 Å². The van der Waals surface area contributed by atoms with E-state index in [-0.39, 0.29) is 48.7 Å². The summed E-state index contributed by atoms with van der Waals surface area (Å²) in [5.74, 6) is 0.297. The van der Waals surface area contributed by atoms with Crippen molar-refractivity contribution < 1.29 is 38.4 Å². The minimum absolute atomic E-state index is 0.0459. The molecule has 0 radical (unpaired) electrons. The predicted octanol–water partition coefficient (Wildman–Crippen LogP) is 2.93. The average molecular weight is 553 g/mol. The molecule has 0 unspecified atom stereocenters. The molecule has 0 fully saturated rings. The van der Waals surface area contributed by atoms with E-state index in [9.17, 15) is 19.8 Å². The van der Waals surface area contributed by atoms with Gasteiger partial charge in [0.1, 0.15) is 5.76 Å². The number of aryl methyl sites for hydroxylation is 1. The summed E-state index contributed by atoms with van der Waals surface area (Å²) in [6.07, 6.45) is 0.594. The number of likely N-dealkylation sites (N-methyl/N-ethyl adjacent to an activating group) is 1. The van der Waals surface area contributed by atoms with Gasteiger partial charge in [-0.2, -0.15) is 0 Å². The van der Waals surface area contributed by atoms with Crippen LogP contribution in [0.5, 0.6) is 34.5 Å². The number of rotatable bonds is 8. The number of benzene rings is 2. The summed E-state index contributed by atoms with van der Waals surface area (Å²) < 4.78 is 28.2. The van der Waals surface area contributed by atoms with Crippen molar-refractivity contribution in [2.24, 2.45) is 0 Å². The van der Waals surface area contributed by atoms with Crippen LogP contribution in [0.3, 0.4) is 0 Å². The van der Waals surface area contributed by atoms with Gasteiger partial charge in [-0.25, -0.2) is 0 Å². The third kappa shape index (κ3) is 5.00. The first-order chi connectivity index (χ1) is 19.2. The topological polar surface area (TPSA) is 140 Å². The fourth-order valence-electron chi connectivity index (χ4n) is 5.37. The molecule has 212 valence electrons. The Labute approximate surface area is 230 Å². The molecule has 2 aromatic carbocycles. The highest BCUT2D eigenvalue weighted by Crippen LogP contribution is 2.49. The van der Waals surface area contributed by atoms with E-state index in [0.717, 1.165) is 29.7 Å². The van der Waals surface area contributed by atoms with E-state index >= 15 is 0 Å². The number of carbonyl (C=O) groups is 1. The lowest BCUT2D eigenvalue weighted by atomic mass is 9.90. The molecule has 3 aromatic rings. The van der Waals surface area contributed by atoms with Crippen molar-refractivity contribution in [1.82, 2.24) is 10.2 Å². The second-order valence-corrected chi connectivity index (χ2v) is 9.92. The third-order valence-electron chi connectivity index (χ3n) is 7.32. The summed E-state index contributed by atoms with van der Waals surface area (Å²) in [6, 6.07) is 5.74. The van der Waals surface area contributed by atoms with Crippen LogP contribution in [0.15, 0.2) is 33.5 Å². The molecule has 40 heavy (non-hydrogen) atoms. The van der Waals surface area contributed by atoms with Crippen molar-refractivity contribution in [1.29, 1.82) is 0 Å². The van der Waals surface area contributed by atoms with Gasteiger partial charge in [0, 0.05) is 43.2 Å². The molecule has 3 N–H and O–H groups in total. The van der Waals surface area contributed by atoms with E-state index in [1.807, 2.05) is 7.05 Å². The predicted molar refractivity (Wildman–Crippen MR) is 144 cm³/mol. The largest absolute Gasteiger partial charge is 0.504 e. The average Bonchev–Trinajstić information content (AvgIpc) is 3.41. The normalized spacial score (nSPS) is 14.9. The Morgan fingerprint density at radius 1 is 1.12 bits per heavy atom. The first-order valence-corrected chi connectivity index (χ1v) is 12.9. The molecule has 0 bridgehead atoms. The molecular formula is C29H32N2O9. The Morgan fingerprint density at radius 3 is 2.65 bits per heavy atom. The molecule has 1 aromatic heterocycles. The smallest absolute Gasteiger partial charge is 0.231 e. The highest BCUT2D eigenvalue weighted by Gasteiger charge is 2.33. The number of phenolic OH excluding ortho intramolecular Hbond substituents is 1. The number of nitrogens with one attached hydrogen (secondary N) is 1. The van der Waals surface area contributed by atoms with Crippen molar-refractivity contribution in [3.05, 3.63) is 68.3 Å². The van der Waals surface area contributed by atoms with E-state index < -0.39 is 17.1 Å². The van der Waals surface area contributed by atoms with Gasteiger partial charge in [-0.15, -0.1) is 0 Å². The number of aromatic hydroxyl groups is 2. The molecule has 0 spiro atoms. The SMILES string of the molecule is COc1cc([C@@H](CC(=O)NCc2c3c(c(OC)c4c2OCO4)CN(C)CC3)c2oc(C)cc(=O)c2O)ccc1O. The zero-order chi connectivity index (χ0) is 28.6. The lowest BCUT2D eigenvalue weighted by Gasteiger charge is -2.29. The van der Waals surface area contributed by atoms with Gasteiger partial charge in [-0.1, -0.05) is 6.07 Å². The van der Waals surface area contributed by atoms with E-state index in [2.05, 4.69) is 10.2 Å². The molecule has 3 heterocycles. The maximum atomic E-state index is 13.4. The Balaban J connectivity index is 1.47. The first-order valence-electron chi connectivity index (χ1n) is 12.9. The van der Waals surface area contributed by atoms with Crippen LogP contribution in [0.25, 0.3) is 0 Å². The monoisotopic (exact) mass is 552 g/mol. The molecule has 11 nitrogen and oxygen atoms in total. The van der Waals surface area contributed by atoms with Crippen LogP contribution in [0.1, 0.15) is 46.1 Å². The van der Waals surface area contributed by atoms with E-state index in [1.165, 1.54) is 19.2 Å². The Bertz CT molecular complexity index is 1510. The van der Waals surface area contributed by atoms with Gasteiger partial charge < -0.3 is 43.8 Å². The standard InChI is InChI=1S/C29H32N2O9/c1-15-9-22(33)25(35)26(40-15)18(16-5-6-21(32)23(10-16)36-3)11-24(34)30-12-19-17-7-8-31(2)13-20(17)27(37-4)29-28(19)38-14-39-29/h5-6,9-10,18,32,35H,7-8,11-14H2,1-4H3,(H,30,34)/t18-/m1/s1. The van der Waals surface area contributed by atoms with E-state index in [4.69, 9.17) is 23.4 Å². The second-order valence-electron chi connectivity index (χ2n) is 9.92. The number of ether oxygens (including phenoxy) is 4. The maximum Gasteiger partial charge on any atom is 0.231 e. The van der Waals surface area contributed by atoms with Crippen molar-refractivity contribution >= 4 is 5.91 Å². The number of nitrogens with zero attached hydrogens (tertiary/aromatic N) is 1. The minimum Gasteiger partial charge on any atom is -0.504 e. The summed E-state index contributed by atoms with van der Waals surface area (Å²) in [4.78, 5) is 28.0. The van der Waals surface area contributed by atoms with Crippen molar-refractivity contribution in [3.8, 4) is 34.5 Å². The molecule has 1 atom stereocenters. The number of amides is 1. The van der Waals surface area contributed by atoms with Crippen molar-refractivity contribution in [2.75, 3.05) is 34.6 Å². The Kier molecular flexibility index (Phi) is 7.49. The zero-order valence-corrected chi connectivity index (χ0v) is 22.8. The van der Waals surface area contributed by atoms with Gasteiger partial charge >= 0.3 is 0 Å².